The molecule has 0 aliphatic heterocycles. The molecule has 0 amide bonds. The summed E-state index contributed by atoms with van der Waals surface area (Å²) in [7, 11) is 0. The Morgan fingerprint density at radius 1 is 1.29 bits per heavy atom. The molecule has 0 saturated heterocycles. The molecule has 0 aliphatic carbocycles. The van der Waals surface area contributed by atoms with Crippen molar-refractivity contribution in [2.45, 2.75) is 0 Å². The van der Waals surface area contributed by atoms with Crippen LogP contribution in [0.25, 0.3) is 5.69 Å². The van der Waals surface area contributed by atoms with E-state index in [1.54, 1.807) is 0 Å². The second kappa shape index (κ2) is 3.06. The number of hydrogen-bond acceptors (Lipinski definition) is 2. The molecule has 0 radical (unpaired) electrons. The van der Waals surface area contributed by atoms with Crippen molar-refractivity contribution in [3.8, 4) is 5.69 Å². The van der Waals surface area contributed by atoms with Gasteiger partial charge in [0.2, 0.25) is 0 Å². The Labute approximate surface area is 76.8 Å². The van der Waals surface area contributed by atoms with Gasteiger partial charge < -0.3 is 0 Å². The summed E-state index contributed by atoms with van der Waals surface area (Å²) in [5, 5.41) is 5.42. The second-order valence-electron chi connectivity index (χ2n) is 2.60. The van der Waals surface area contributed by atoms with E-state index in [-0.39, 0.29) is 0 Å². The fraction of sp³-hybridized carbons (Fsp3) is 0. The highest BCUT2D eigenvalue weighted by Crippen LogP contribution is 2.14. The van der Waals surface area contributed by atoms with Crippen molar-refractivity contribution in [2.24, 2.45) is 0 Å². The Morgan fingerprint density at radius 2 is 1.93 bits per heavy atom. The molecule has 1 N–H and O–H groups in total. The maximum Gasteiger partial charge on any atom is 0.347 e. The lowest BCUT2D eigenvalue weighted by Crippen LogP contribution is -2.16. The number of hydrogen-bond donors (Lipinski definition) is 1. The van der Waals surface area contributed by atoms with Gasteiger partial charge in [-0.1, -0.05) is 6.07 Å². The molecule has 0 bridgehead atoms. The smallest absolute Gasteiger partial charge is 0.246 e. The van der Waals surface area contributed by atoms with Crippen LogP contribution in [0.5, 0.6) is 0 Å². The predicted octanol–water partition coefficient (Wildman–Crippen LogP) is 0.839. The minimum atomic E-state index is -0.812. The standard InChI is InChI=1S/C8H5F2N3O/c9-5-2-1-3-6(10)7(5)13-4-11-12-8(13)14/h1-4H,(H,12,14). The summed E-state index contributed by atoms with van der Waals surface area (Å²) in [6.45, 7) is 0. The molecule has 0 saturated carbocycles. The van der Waals surface area contributed by atoms with E-state index in [9.17, 15) is 13.6 Å². The zero-order chi connectivity index (χ0) is 10.1. The third kappa shape index (κ3) is 1.20. The highest BCUT2D eigenvalue weighted by atomic mass is 19.1. The van der Waals surface area contributed by atoms with Crippen molar-refractivity contribution in [1.29, 1.82) is 0 Å². The van der Waals surface area contributed by atoms with Gasteiger partial charge in [0.25, 0.3) is 0 Å². The minimum absolute atomic E-state index is 0.425. The maximum absolute atomic E-state index is 13.2. The summed E-state index contributed by atoms with van der Waals surface area (Å²) >= 11 is 0. The van der Waals surface area contributed by atoms with Crippen LogP contribution in [0.4, 0.5) is 8.78 Å². The molecule has 2 aromatic rings. The molecule has 6 heteroatoms. The number of benzene rings is 1. The van der Waals surface area contributed by atoms with Crippen molar-refractivity contribution in [2.75, 3.05) is 0 Å². The molecule has 4 nitrogen and oxygen atoms in total. The van der Waals surface area contributed by atoms with Crippen LogP contribution in [0, 0.1) is 11.6 Å². The Bertz CT molecular complexity index is 497. The SMILES string of the molecule is O=c1[nH]ncn1-c1c(F)cccc1F. The molecular weight excluding hydrogens is 192 g/mol. The zero-order valence-electron chi connectivity index (χ0n) is 6.87. The molecule has 2 rings (SSSR count). The van der Waals surface area contributed by atoms with Crippen LogP contribution >= 0.6 is 0 Å². The Balaban J connectivity index is 2.74. The van der Waals surface area contributed by atoms with Gasteiger partial charge in [-0.2, -0.15) is 5.10 Å². The predicted molar refractivity (Wildman–Crippen MR) is 44.1 cm³/mol. The topological polar surface area (TPSA) is 50.7 Å². The van der Waals surface area contributed by atoms with E-state index in [4.69, 9.17) is 0 Å². The van der Waals surface area contributed by atoms with Crippen LogP contribution in [0.15, 0.2) is 29.3 Å². The third-order valence-corrected chi connectivity index (χ3v) is 1.73. The fourth-order valence-electron chi connectivity index (χ4n) is 1.13. The van der Waals surface area contributed by atoms with Crippen molar-refractivity contribution >= 4 is 0 Å². The monoisotopic (exact) mass is 197 g/mol. The third-order valence-electron chi connectivity index (χ3n) is 1.73. The molecule has 0 atom stereocenters. The average molecular weight is 197 g/mol. The normalized spacial score (nSPS) is 10.4. The molecule has 14 heavy (non-hydrogen) atoms. The van der Waals surface area contributed by atoms with E-state index in [0.717, 1.165) is 23.0 Å². The minimum Gasteiger partial charge on any atom is -0.246 e. The highest BCUT2D eigenvalue weighted by molar-refractivity contribution is 5.34. The summed E-state index contributed by atoms with van der Waals surface area (Å²) in [6, 6.07) is 3.36. The molecular formula is C8H5F2N3O. The lowest BCUT2D eigenvalue weighted by atomic mass is 10.3. The Morgan fingerprint density at radius 3 is 2.43 bits per heavy atom. The summed E-state index contributed by atoms with van der Waals surface area (Å²) in [5.41, 5.74) is -1.11. The first-order valence-corrected chi connectivity index (χ1v) is 3.76. The van der Waals surface area contributed by atoms with Gasteiger partial charge in [0.05, 0.1) is 0 Å². The summed E-state index contributed by atoms with van der Waals surface area (Å²) in [5.74, 6) is -1.62. The van der Waals surface area contributed by atoms with Gasteiger partial charge >= 0.3 is 5.69 Å². The van der Waals surface area contributed by atoms with Crippen molar-refractivity contribution in [3.05, 3.63) is 46.6 Å². The highest BCUT2D eigenvalue weighted by Gasteiger charge is 2.12. The number of para-hydroxylation sites is 1. The van der Waals surface area contributed by atoms with Gasteiger partial charge in [-0.25, -0.2) is 23.2 Å². The van der Waals surface area contributed by atoms with Gasteiger partial charge in [-0.05, 0) is 12.1 Å². The number of aromatic nitrogens is 3. The van der Waals surface area contributed by atoms with E-state index in [2.05, 4.69) is 5.10 Å². The van der Waals surface area contributed by atoms with E-state index >= 15 is 0 Å². The fourth-order valence-corrected chi connectivity index (χ4v) is 1.13. The molecule has 1 aromatic carbocycles. The number of H-pyrrole nitrogens is 1. The van der Waals surface area contributed by atoms with Crippen LogP contribution in [-0.4, -0.2) is 14.8 Å². The van der Waals surface area contributed by atoms with Crippen molar-refractivity contribution in [3.63, 3.8) is 0 Å². The number of halogens is 2. The van der Waals surface area contributed by atoms with Crippen LogP contribution in [0.3, 0.4) is 0 Å². The first-order chi connectivity index (χ1) is 6.70. The number of nitrogens with zero attached hydrogens (tertiary/aromatic N) is 2. The summed E-state index contributed by atoms with van der Waals surface area (Å²) < 4.78 is 27.1. The van der Waals surface area contributed by atoms with Crippen molar-refractivity contribution in [1.82, 2.24) is 14.8 Å². The van der Waals surface area contributed by atoms with Crippen LogP contribution in [0.1, 0.15) is 0 Å². The molecule has 72 valence electrons. The lowest BCUT2D eigenvalue weighted by molar-refractivity contribution is 0.567. The largest absolute Gasteiger partial charge is 0.347 e. The molecule has 1 heterocycles. The van der Waals surface area contributed by atoms with Gasteiger partial charge in [-0.3, -0.25) is 0 Å². The molecule has 0 fully saturated rings. The van der Waals surface area contributed by atoms with E-state index in [1.807, 2.05) is 5.10 Å². The summed E-state index contributed by atoms with van der Waals surface area (Å²) in [4.78, 5) is 11.0. The van der Waals surface area contributed by atoms with Crippen LogP contribution < -0.4 is 5.69 Å². The maximum atomic E-state index is 13.2. The molecule has 0 unspecified atom stereocenters. The zero-order valence-corrected chi connectivity index (χ0v) is 6.87. The first kappa shape index (κ1) is 8.61. The van der Waals surface area contributed by atoms with Gasteiger partial charge in [0.1, 0.15) is 23.6 Å². The van der Waals surface area contributed by atoms with Crippen molar-refractivity contribution < 1.29 is 8.78 Å². The number of nitrogens with one attached hydrogen (secondary N) is 1. The van der Waals surface area contributed by atoms with Gasteiger partial charge in [0.15, 0.2) is 0 Å². The quantitative estimate of drug-likeness (QED) is 0.736. The van der Waals surface area contributed by atoms with E-state index in [0.29, 0.717) is 0 Å². The molecule has 0 spiro atoms. The summed E-state index contributed by atoms with van der Waals surface area (Å²) in [6.07, 6.45) is 1.02. The van der Waals surface area contributed by atoms with E-state index in [1.165, 1.54) is 6.07 Å². The first-order valence-electron chi connectivity index (χ1n) is 3.76. The van der Waals surface area contributed by atoms with Gasteiger partial charge in [0, 0.05) is 0 Å². The second-order valence-corrected chi connectivity index (χ2v) is 2.60. The van der Waals surface area contributed by atoms with E-state index < -0.39 is 23.0 Å². The molecule has 0 aliphatic rings. The number of aromatic amines is 1. The number of rotatable bonds is 1. The molecule has 1 aromatic heterocycles. The lowest BCUT2D eigenvalue weighted by Gasteiger charge is -2.02. The van der Waals surface area contributed by atoms with Crippen LogP contribution in [-0.2, 0) is 0 Å². The van der Waals surface area contributed by atoms with Gasteiger partial charge in [-0.15, -0.1) is 0 Å². The average Bonchev–Trinajstić information content (AvgIpc) is 2.52. The van der Waals surface area contributed by atoms with Crippen LogP contribution in [0.2, 0.25) is 0 Å². The Hall–Kier alpha value is -1.98. The Kier molecular flexibility index (Phi) is 1.88.